The lowest BCUT2D eigenvalue weighted by Crippen LogP contribution is -2.31. The van der Waals surface area contributed by atoms with Gasteiger partial charge in [-0.3, -0.25) is 19.3 Å². The van der Waals surface area contributed by atoms with Gasteiger partial charge in [-0.15, -0.1) is 0 Å². The normalized spacial score (nSPS) is 13.7. The third-order valence-electron chi connectivity index (χ3n) is 4.36. The van der Waals surface area contributed by atoms with Gasteiger partial charge in [0.15, 0.2) is 0 Å². The number of nitrogens with zero attached hydrogens (tertiary/aromatic N) is 1. The first-order chi connectivity index (χ1) is 13.7. The monoisotopic (exact) mass is 422 g/mol. The summed E-state index contributed by atoms with van der Waals surface area (Å²) in [5.74, 6) is -4.75. The summed E-state index contributed by atoms with van der Waals surface area (Å²) < 4.78 is 47.8. The number of alkyl halides is 2. The molecule has 10 heteroatoms. The Morgan fingerprint density at radius 1 is 0.966 bits per heavy atom. The molecule has 152 valence electrons. The Morgan fingerprint density at radius 3 is 2.03 bits per heavy atom. The molecule has 29 heavy (non-hydrogen) atoms. The van der Waals surface area contributed by atoms with Crippen LogP contribution < -0.4 is 5.32 Å². The van der Waals surface area contributed by atoms with Gasteiger partial charge < -0.3 is 5.32 Å². The lowest BCUT2D eigenvalue weighted by Gasteiger charge is -2.13. The van der Waals surface area contributed by atoms with Gasteiger partial charge in [-0.25, -0.2) is 8.42 Å². The van der Waals surface area contributed by atoms with Gasteiger partial charge in [0.25, 0.3) is 11.8 Å². The summed E-state index contributed by atoms with van der Waals surface area (Å²) in [5.41, 5.74) is 0.908. The highest BCUT2D eigenvalue weighted by atomic mass is 32.2. The molecule has 1 aliphatic heterocycles. The van der Waals surface area contributed by atoms with E-state index in [-0.39, 0.29) is 25.1 Å². The summed E-state index contributed by atoms with van der Waals surface area (Å²) in [7, 11) is -4.69. The first-order valence-corrected chi connectivity index (χ1v) is 10.1. The Labute approximate surface area is 165 Å². The number of nitrogens with one attached hydrogen (secondary N) is 1. The molecule has 1 aliphatic rings. The third-order valence-corrected chi connectivity index (χ3v) is 5.76. The lowest BCUT2D eigenvalue weighted by molar-refractivity contribution is -0.116. The van der Waals surface area contributed by atoms with Crippen LogP contribution in [0.2, 0.25) is 0 Å². The van der Waals surface area contributed by atoms with Gasteiger partial charge >= 0.3 is 5.76 Å². The zero-order chi connectivity index (χ0) is 21.2. The van der Waals surface area contributed by atoms with Gasteiger partial charge in [0.1, 0.15) is 0 Å². The molecule has 0 fully saturated rings. The fraction of sp³-hybridized carbons (Fsp3) is 0.211. The summed E-state index contributed by atoms with van der Waals surface area (Å²) in [6.07, 6.45) is 0.236. The second kappa shape index (κ2) is 8.08. The average molecular weight is 422 g/mol. The number of anilines is 1. The molecule has 0 spiro atoms. The molecule has 0 atom stereocenters. The standard InChI is InChI=1S/C19H16F2N2O5S/c20-19(21)29(27,28)13-9-7-12(8-10-13)22-16(24)6-3-11-23-17(25)14-4-1-2-5-15(14)18(23)26/h1-2,4-5,7-10,19H,3,6,11H2,(H,22,24). The van der Waals surface area contributed by atoms with Crippen LogP contribution in [0, 0.1) is 0 Å². The molecule has 3 rings (SSSR count). The molecule has 2 aromatic carbocycles. The smallest absolute Gasteiger partial charge is 0.326 e. The number of fused-ring (bicyclic) bond motifs is 1. The van der Waals surface area contributed by atoms with E-state index >= 15 is 0 Å². The van der Waals surface area contributed by atoms with Crippen LogP contribution >= 0.6 is 0 Å². The fourth-order valence-corrected chi connectivity index (χ4v) is 3.62. The van der Waals surface area contributed by atoms with Crippen LogP contribution in [-0.4, -0.2) is 43.3 Å². The van der Waals surface area contributed by atoms with Crippen LogP contribution in [0.3, 0.4) is 0 Å². The molecule has 0 unspecified atom stereocenters. The van der Waals surface area contributed by atoms with E-state index in [1.165, 1.54) is 12.1 Å². The fourth-order valence-electron chi connectivity index (χ4n) is 2.89. The van der Waals surface area contributed by atoms with Crippen molar-refractivity contribution in [3.63, 3.8) is 0 Å². The summed E-state index contributed by atoms with van der Waals surface area (Å²) in [5, 5.41) is 2.51. The predicted octanol–water partition coefficient (Wildman–Crippen LogP) is 2.70. The molecule has 0 bridgehead atoms. The van der Waals surface area contributed by atoms with E-state index in [4.69, 9.17) is 0 Å². The van der Waals surface area contributed by atoms with Crippen molar-refractivity contribution in [2.24, 2.45) is 0 Å². The average Bonchev–Trinajstić information content (AvgIpc) is 2.93. The Hall–Kier alpha value is -3.14. The van der Waals surface area contributed by atoms with Gasteiger partial charge in [-0.1, -0.05) is 12.1 Å². The van der Waals surface area contributed by atoms with Crippen LogP contribution in [0.4, 0.5) is 14.5 Å². The SMILES string of the molecule is O=C(CCCN1C(=O)c2ccccc2C1=O)Nc1ccc(S(=O)(=O)C(F)F)cc1. The van der Waals surface area contributed by atoms with E-state index in [0.717, 1.165) is 17.0 Å². The summed E-state index contributed by atoms with van der Waals surface area (Å²) in [6.45, 7) is 0.0747. The van der Waals surface area contributed by atoms with Crippen molar-refractivity contribution in [2.75, 3.05) is 11.9 Å². The zero-order valence-electron chi connectivity index (χ0n) is 15.0. The Bertz CT molecular complexity index is 1030. The van der Waals surface area contributed by atoms with Crippen molar-refractivity contribution in [3.05, 3.63) is 59.7 Å². The zero-order valence-corrected chi connectivity index (χ0v) is 15.8. The Balaban J connectivity index is 1.52. The number of rotatable bonds is 7. The second-order valence-corrected chi connectivity index (χ2v) is 8.21. The molecule has 0 saturated heterocycles. The first-order valence-electron chi connectivity index (χ1n) is 8.59. The molecule has 0 saturated carbocycles. The molecule has 0 radical (unpaired) electrons. The molecule has 0 aliphatic carbocycles. The topological polar surface area (TPSA) is 101 Å². The van der Waals surface area contributed by atoms with Crippen molar-refractivity contribution in [1.29, 1.82) is 0 Å². The highest BCUT2D eigenvalue weighted by Crippen LogP contribution is 2.23. The van der Waals surface area contributed by atoms with Gasteiger partial charge in [0.2, 0.25) is 15.7 Å². The largest absolute Gasteiger partial charge is 0.341 e. The minimum absolute atomic E-state index is 0.00445. The summed E-state index contributed by atoms with van der Waals surface area (Å²) in [4.78, 5) is 37.0. The van der Waals surface area contributed by atoms with Gasteiger partial charge in [0.05, 0.1) is 16.0 Å². The number of halogens is 2. The van der Waals surface area contributed by atoms with Crippen LogP contribution in [0.15, 0.2) is 53.4 Å². The van der Waals surface area contributed by atoms with Gasteiger partial charge in [-0.05, 0) is 42.8 Å². The van der Waals surface area contributed by atoms with E-state index < -0.39 is 38.2 Å². The molecule has 3 amide bonds. The number of imide groups is 1. The van der Waals surface area contributed by atoms with E-state index in [2.05, 4.69) is 5.32 Å². The highest BCUT2D eigenvalue weighted by molar-refractivity contribution is 7.91. The van der Waals surface area contributed by atoms with Gasteiger partial charge in [-0.2, -0.15) is 8.78 Å². The summed E-state index contributed by atoms with van der Waals surface area (Å²) in [6, 6.07) is 10.8. The number of amides is 3. The molecule has 1 N–H and O–H groups in total. The highest BCUT2D eigenvalue weighted by Gasteiger charge is 2.34. The number of hydrogen-bond donors (Lipinski definition) is 1. The number of sulfone groups is 1. The molecule has 1 heterocycles. The van der Waals surface area contributed by atoms with Crippen molar-refractivity contribution in [2.45, 2.75) is 23.5 Å². The maximum absolute atomic E-state index is 12.5. The lowest BCUT2D eigenvalue weighted by atomic mass is 10.1. The van der Waals surface area contributed by atoms with E-state index in [1.807, 2.05) is 0 Å². The van der Waals surface area contributed by atoms with Crippen molar-refractivity contribution in [3.8, 4) is 0 Å². The number of benzene rings is 2. The van der Waals surface area contributed by atoms with Crippen molar-refractivity contribution >= 4 is 33.2 Å². The number of carbonyl (C=O) groups excluding carboxylic acids is 3. The van der Waals surface area contributed by atoms with Crippen molar-refractivity contribution in [1.82, 2.24) is 4.90 Å². The maximum atomic E-state index is 12.5. The third kappa shape index (κ3) is 4.16. The summed E-state index contributed by atoms with van der Waals surface area (Å²) >= 11 is 0. The maximum Gasteiger partial charge on any atom is 0.341 e. The second-order valence-electron chi connectivity index (χ2n) is 6.29. The van der Waals surface area contributed by atoms with E-state index in [1.54, 1.807) is 24.3 Å². The minimum Gasteiger partial charge on any atom is -0.326 e. The molecule has 0 aromatic heterocycles. The Kier molecular flexibility index (Phi) is 5.73. The Morgan fingerprint density at radius 2 is 1.52 bits per heavy atom. The van der Waals surface area contributed by atoms with Crippen molar-refractivity contribution < 1.29 is 31.6 Å². The molecular formula is C19H16F2N2O5S. The van der Waals surface area contributed by atoms with Crippen LogP contribution in [0.5, 0.6) is 0 Å². The van der Waals surface area contributed by atoms with Crippen LogP contribution in [0.25, 0.3) is 0 Å². The predicted molar refractivity (Wildman–Crippen MR) is 99.3 cm³/mol. The minimum atomic E-state index is -4.69. The van der Waals surface area contributed by atoms with Gasteiger partial charge in [0, 0.05) is 18.7 Å². The van der Waals surface area contributed by atoms with E-state index in [0.29, 0.717) is 11.1 Å². The number of carbonyl (C=O) groups is 3. The quantitative estimate of drug-likeness (QED) is 0.692. The molecule has 2 aromatic rings. The van der Waals surface area contributed by atoms with E-state index in [9.17, 15) is 31.6 Å². The number of hydrogen-bond acceptors (Lipinski definition) is 5. The first kappa shape index (κ1) is 20.6. The van der Waals surface area contributed by atoms with Crippen LogP contribution in [-0.2, 0) is 14.6 Å². The molecule has 7 nitrogen and oxygen atoms in total. The van der Waals surface area contributed by atoms with Crippen LogP contribution in [0.1, 0.15) is 33.6 Å². The molecular weight excluding hydrogens is 406 g/mol.